The quantitative estimate of drug-likeness (QED) is 0.602. The van der Waals surface area contributed by atoms with Crippen molar-refractivity contribution in [2.24, 2.45) is 0 Å². The van der Waals surface area contributed by atoms with Crippen molar-refractivity contribution in [1.82, 2.24) is 15.2 Å². The number of hydrogen-bond acceptors (Lipinski definition) is 2. The van der Waals surface area contributed by atoms with Gasteiger partial charge in [0, 0.05) is 24.7 Å². The second-order valence-electron chi connectivity index (χ2n) is 7.14. The zero-order valence-electron chi connectivity index (χ0n) is 15.8. The lowest BCUT2D eigenvalue weighted by Crippen LogP contribution is -2.50. The average molecular weight is 442 g/mol. The highest BCUT2D eigenvalue weighted by Gasteiger charge is 2.28. The summed E-state index contributed by atoms with van der Waals surface area (Å²) in [5, 5.41) is 5.67. The molecule has 9 heteroatoms. The number of carbonyl (C=O) groups excluding carboxylic acids is 1. The van der Waals surface area contributed by atoms with Gasteiger partial charge in [-0.05, 0) is 42.8 Å². The van der Waals surface area contributed by atoms with Gasteiger partial charge in [-0.3, -0.25) is 4.79 Å². The molecule has 2 atom stereocenters. The smallest absolute Gasteiger partial charge is 0.253 e. The maximum atomic E-state index is 14.5. The van der Waals surface area contributed by atoms with Gasteiger partial charge in [-0.25, -0.2) is 17.6 Å². The molecule has 2 heterocycles. The summed E-state index contributed by atoms with van der Waals surface area (Å²) in [6.45, 7) is 0.846. The molecule has 2 unspecified atom stereocenters. The summed E-state index contributed by atoms with van der Waals surface area (Å²) in [5.74, 6) is -3.10. The number of hydrogen-bond donors (Lipinski definition) is 2. The highest BCUT2D eigenvalue weighted by Crippen LogP contribution is 2.26. The fourth-order valence-corrected chi connectivity index (χ4v) is 3.68. The van der Waals surface area contributed by atoms with Gasteiger partial charge in [0.1, 0.15) is 12.0 Å². The fourth-order valence-electron chi connectivity index (χ4n) is 3.68. The van der Waals surface area contributed by atoms with E-state index in [9.17, 15) is 22.4 Å². The topological polar surface area (TPSA) is 46.1 Å². The number of amides is 1. The first-order valence-electron chi connectivity index (χ1n) is 9.31. The van der Waals surface area contributed by atoms with Crippen LogP contribution in [0.5, 0.6) is 0 Å². The Kier molecular flexibility index (Phi) is 6.67. The summed E-state index contributed by atoms with van der Waals surface area (Å²) in [6.07, 6.45) is 0.662. The Labute approximate surface area is 176 Å². The molecule has 3 aromatic rings. The van der Waals surface area contributed by atoms with Crippen molar-refractivity contribution in [1.29, 1.82) is 0 Å². The Balaban J connectivity index is 0.00000256. The van der Waals surface area contributed by atoms with E-state index in [0.29, 0.717) is 24.0 Å². The molecule has 2 N–H and O–H groups in total. The van der Waals surface area contributed by atoms with Crippen LogP contribution in [0.25, 0.3) is 10.9 Å². The molecule has 1 fully saturated rings. The SMILES string of the molecule is Cl.O=C(NC1CCNCC1F)c1cn(Cc2ccc(F)c(F)c2)c2cccc(F)c12. The summed E-state index contributed by atoms with van der Waals surface area (Å²) < 4.78 is 56.9. The van der Waals surface area contributed by atoms with Gasteiger partial charge < -0.3 is 15.2 Å². The van der Waals surface area contributed by atoms with Crippen LogP contribution in [-0.2, 0) is 6.54 Å². The number of carbonyl (C=O) groups is 1. The first kappa shape index (κ1) is 22.1. The minimum Gasteiger partial charge on any atom is -0.346 e. The Morgan fingerprint density at radius 3 is 2.67 bits per heavy atom. The van der Waals surface area contributed by atoms with E-state index in [-0.39, 0.29) is 36.4 Å². The molecule has 30 heavy (non-hydrogen) atoms. The Morgan fingerprint density at radius 1 is 1.13 bits per heavy atom. The van der Waals surface area contributed by atoms with Gasteiger partial charge in [-0.15, -0.1) is 12.4 Å². The Morgan fingerprint density at radius 2 is 1.93 bits per heavy atom. The predicted molar refractivity (Wildman–Crippen MR) is 108 cm³/mol. The molecule has 4 rings (SSSR count). The molecular formula is C21H20ClF4N3O. The number of piperidine rings is 1. The van der Waals surface area contributed by atoms with E-state index >= 15 is 0 Å². The maximum Gasteiger partial charge on any atom is 0.253 e. The van der Waals surface area contributed by atoms with Crippen LogP contribution >= 0.6 is 12.4 Å². The van der Waals surface area contributed by atoms with Crippen molar-refractivity contribution in [3.63, 3.8) is 0 Å². The van der Waals surface area contributed by atoms with Crippen molar-refractivity contribution in [2.45, 2.75) is 25.2 Å². The molecule has 0 spiro atoms. The third kappa shape index (κ3) is 4.29. The largest absolute Gasteiger partial charge is 0.346 e. The molecule has 1 aromatic heterocycles. The minimum atomic E-state index is -1.23. The lowest BCUT2D eigenvalue weighted by Gasteiger charge is -2.27. The van der Waals surface area contributed by atoms with Gasteiger partial charge in [0.15, 0.2) is 11.6 Å². The van der Waals surface area contributed by atoms with Crippen LogP contribution in [0.3, 0.4) is 0 Å². The predicted octanol–water partition coefficient (Wildman–Crippen LogP) is 3.96. The second-order valence-corrected chi connectivity index (χ2v) is 7.14. The molecule has 1 aliphatic rings. The van der Waals surface area contributed by atoms with E-state index in [1.54, 1.807) is 10.6 Å². The summed E-state index contributed by atoms with van der Waals surface area (Å²) in [4.78, 5) is 12.8. The number of nitrogens with zero attached hydrogens (tertiary/aromatic N) is 1. The molecule has 0 radical (unpaired) electrons. The molecule has 0 saturated carbocycles. The number of alkyl halides is 1. The van der Waals surface area contributed by atoms with E-state index in [1.807, 2.05) is 0 Å². The van der Waals surface area contributed by atoms with E-state index in [4.69, 9.17) is 0 Å². The second kappa shape index (κ2) is 9.06. The van der Waals surface area contributed by atoms with Gasteiger partial charge in [0.25, 0.3) is 5.91 Å². The number of halogens is 5. The Bertz CT molecular complexity index is 1070. The van der Waals surface area contributed by atoms with Crippen LogP contribution in [0.15, 0.2) is 42.6 Å². The van der Waals surface area contributed by atoms with Crippen LogP contribution in [-0.4, -0.2) is 35.8 Å². The summed E-state index contributed by atoms with van der Waals surface area (Å²) >= 11 is 0. The monoisotopic (exact) mass is 441 g/mol. The molecule has 4 nitrogen and oxygen atoms in total. The van der Waals surface area contributed by atoms with E-state index in [1.165, 1.54) is 24.4 Å². The standard InChI is InChI=1S/C21H19F4N3O.ClH/c22-14-5-4-12(8-16(14)24)10-28-11-13(20-15(23)2-1-3-19(20)28)21(29)27-18-6-7-26-9-17(18)25;/h1-5,8,11,17-18,26H,6-7,9-10H2,(H,27,29);1H. The summed E-state index contributed by atoms with van der Waals surface area (Å²) in [7, 11) is 0. The zero-order valence-corrected chi connectivity index (χ0v) is 16.6. The number of fused-ring (bicyclic) bond motifs is 1. The third-order valence-electron chi connectivity index (χ3n) is 5.16. The molecule has 1 saturated heterocycles. The van der Waals surface area contributed by atoms with Crippen LogP contribution in [0, 0.1) is 17.5 Å². The van der Waals surface area contributed by atoms with Crippen LogP contribution in [0.1, 0.15) is 22.3 Å². The Hall–Kier alpha value is -2.58. The first-order valence-corrected chi connectivity index (χ1v) is 9.31. The number of nitrogens with one attached hydrogen (secondary N) is 2. The van der Waals surface area contributed by atoms with E-state index < -0.39 is 35.6 Å². The first-order chi connectivity index (χ1) is 13.9. The fraction of sp³-hybridized carbons (Fsp3) is 0.286. The molecule has 0 aliphatic carbocycles. The maximum absolute atomic E-state index is 14.5. The van der Waals surface area contributed by atoms with Crippen LogP contribution in [0.2, 0.25) is 0 Å². The number of benzene rings is 2. The molecule has 160 valence electrons. The highest BCUT2D eigenvalue weighted by molar-refractivity contribution is 6.07. The van der Waals surface area contributed by atoms with E-state index in [2.05, 4.69) is 10.6 Å². The normalized spacial score (nSPS) is 18.8. The molecule has 1 aliphatic heterocycles. The van der Waals surface area contributed by atoms with Gasteiger partial charge in [0.05, 0.1) is 17.1 Å². The molecular weight excluding hydrogens is 422 g/mol. The van der Waals surface area contributed by atoms with Gasteiger partial charge in [0.2, 0.25) is 0 Å². The summed E-state index contributed by atoms with van der Waals surface area (Å²) in [6, 6.07) is 7.23. The lowest BCUT2D eigenvalue weighted by molar-refractivity contribution is 0.0893. The molecule has 1 amide bonds. The van der Waals surface area contributed by atoms with Gasteiger partial charge in [-0.1, -0.05) is 12.1 Å². The highest BCUT2D eigenvalue weighted by atomic mass is 35.5. The van der Waals surface area contributed by atoms with Crippen LogP contribution in [0.4, 0.5) is 17.6 Å². The zero-order chi connectivity index (χ0) is 20.5. The van der Waals surface area contributed by atoms with Crippen molar-refractivity contribution >= 4 is 29.2 Å². The van der Waals surface area contributed by atoms with Crippen molar-refractivity contribution < 1.29 is 22.4 Å². The summed E-state index contributed by atoms with van der Waals surface area (Å²) in [5.41, 5.74) is 0.965. The molecule has 0 bridgehead atoms. The number of aromatic nitrogens is 1. The third-order valence-corrected chi connectivity index (χ3v) is 5.16. The average Bonchev–Trinajstić information content (AvgIpc) is 3.06. The van der Waals surface area contributed by atoms with Crippen LogP contribution < -0.4 is 10.6 Å². The van der Waals surface area contributed by atoms with Gasteiger partial charge in [-0.2, -0.15) is 0 Å². The number of rotatable bonds is 4. The van der Waals surface area contributed by atoms with Crippen molar-refractivity contribution in [3.8, 4) is 0 Å². The van der Waals surface area contributed by atoms with E-state index in [0.717, 1.165) is 12.1 Å². The molecule has 2 aromatic carbocycles. The van der Waals surface area contributed by atoms with Crippen molar-refractivity contribution in [2.75, 3.05) is 13.1 Å². The van der Waals surface area contributed by atoms with Gasteiger partial charge >= 0.3 is 0 Å². The minimum absolute atomic E-state index is 0. The lowest BCUT2D eigenvalue weighted by atomic mass is 10.0. The van der Waals surface area contributed by atoms with Crippen molar-refractivity contribution in [3.05, 3.63) is 71.2 Å².